The number of aliphatic hydroxyl groups is 1. The van der Waals surface area contributed by atoms with E-state index in [0.29, 0.717) is 30.6 Å². The molecule has 1 spiro atoms. The lowest BCUT2D eigenvalue weighted by Crippen LogP contribution is -2.49. The Morgan fingerprint density at radius 3 is 2.43 bits per heavy atom. The lowest BCUT2D eigenvalue weighted by atomic mass is 9.81. The van der Waals surface area contributed by atoms with E-state index in [-0.39, 0.29) is 30.9 Å². The maximum Gasteiger partial charge on any atom is 0.327 e. The first-order valence-corrected chi connectivity index (χ1v) is 9.93. The van der Waals surface area contributed by atoms with E-state index in [1.165, 1.54) is 0 Å². The molecule has 0 aromatic heterocycles. The zero-order valence-electron chi connectivity index (χ0n) is 16.5. The summed E-state index contributed by atoms with van der Waals surface area (Å²) in [5.41, 5.74) is -0.123. The van der Waals surface area contributed by atoms with Crippen LogP contribution in [-0.2, 0) is 4.79 Å². The molecule has 1 aliphatic carbocycles. The van der Waals surface area contributed by atoms with Gasteiger partial charge in [-0.25, -0.2) is 4.79 Å². The molecule has 3 rings (SSSR count). The van der Waals surface area contributed by atoms with Gasteiger partial charge in [0.25, 0.3) is 5.91 Å². The molecule has 152 valence electrons. The van der Waals surface area contributed by atoms with E-state index >= 15 is 0 Å². The Hall–Kier alpha value is -2.41. The molecule has 7 nitrogen and oxygen atoms in total. The van der Waals surface area contributed by atoms with Gasteiger partial charge in [0, 0.05) is 19.0 Å². The topological polar surface area (TPSA) is 87.2 Å². The van der Waals surface area contributed by atoms with Crippen LogP contribution in [0.15, 0.2) is 24.3 Å². The van der Waals surface area contributed by atoms with Crippen molar-refractivity contribution in [3.63, 3.8) is 0 Å². The number of β-amino-alcohol motifs (C(OH)–C–C–N with tert-alkyl or cyclic N) is 1. The van der Waals surface area contributed by atoms with E-state index in [0.717, 1.165) is 24.2 Å². The third-order valence-corrected chi connectivity index (χ3v) is 5.82. The van der Waals surface area contributed by atoms with Gasteiger partial charge >= 0.3 is 6.03 Å². The maximum atomic E-state index is 12.9. The Kier molecular flexibility index (Phi) is 6.03. The fourth-order valence-electron chi connectivity index (χ4n) is 4.09. The average Bonchev–Trinajstić information content (AvgIpc) is 2.89. The first-order valence-electron chi connectivity index (χ1n) is 9.93. The number of carbonyl (C=O) groups is 3. The monoisotopic (exact) mass is 388 g/mol. The van der Waals surface area contributed by atoms with Crippen molar-refractivity contribution in [3.05, 3.63) is 29.8 Å². The van der Waals surface area contributed by atoms with Gasteiger partial charge in [-0.1, -0.05) is 26.2 Å². The van der Waals surface area contributed by atoms with Crippen LogP contribution in [0.5, 0.6) is 5.75 Å². The summed E-state index contributed by atoms with van der Waals surface area (Å²) in [6.07, 6.45) is 3.75. The van der Waals surface area contributed by atoms with Gasteiger partial charge in [0.15, 0.2) is 5.78 Å². The molecular weight excluding hydrogens is 360 g/mol. The second-order valence-corrected chi connectivity index (χ2v) is 7.62. The zero-order chi connectivity index (χ0) is 20.3. The van der Waals surface area contributed by atoms with Gasteiger partial charge in [0.1, 0.15) is 24.0 Å². The van der Waals surface area contributed by atoms with E-state index in [1.807, 2.05) is 0 Å². The number of carbonyl (C=O) groups excluding carboxylic acids is 3. The SMILES string of the molecule is CCC(=O)c1ccc(OCC(O)CN2C(=O)N(C)C3(CCCCC3)C2=O)cc1. The van der Waals surface area contributed by atoms with Gasteiger partial charge in [0.2, 0.25) is 0 Å². The van der Waals surface area contributed by atoms with Crippen LogP contribution in [0.3, 0.4) is 0 Å². The Balaban J connectivity index is 1.57. The van der Waals surface area contributed by atoms with Gasteiger partial charge in [-0.15, -0.1) is 0 Å². The van der Waals surface area contributed by atoms with Crippen molar-refractivity contribution in [3.8, 4) is 5.75 Å². The largest absolute Gasteiger partial charge is 0.491 e. The fourth-order valence-corrected chi connectivity index (χ4v) is 4.09. The third-order valence-electron chi connectivity index (χ3n) is 5.82. The van der Waals surface area contributed by atoms with Crippen LogP contribution < -0.4 is 4.74 Å². The van der Waals surface area contributed by atoms with E-state index < -0.39 is 11.6 Å². The summed E-state index contributed by atoms with van der Waals surface area (Å²) < 4.78 is 5.56. The molecule has 7 heteroatoms. The van der Waals surface area contributed by atoms with Crippen LogP contribution in [0.4, 0.5) is 4.79 Å². The molecular formula is C21H28N2O5. The Morgan fingerprint density at radius 2 is 1.82 bits per heavy atom. The van der Waals surface area contributed by atoms with Gasteiger partial charge in [-0.05, 0) is 37.1 Å². The van der Waals surface area contributed by atoms with E-state index in [4.69, 9.17) is 4.74 Å². The molecule has 1 aliphatic heterocycles. The van der Waals surface area contributed by atoms with E-state index in [1.54, 1.807) is 43.1 Å². The summed E-state index contributed by atoms with van der Waals surface area (Å²) in [4.78, 5) is 39.8. The molecule has 1 saturated heterocycles. The summed E-state index contributed by atoms with van der Waals surface area (Å²) in [5, 5.41) is 10.3. The Morgan fingerprint density at radius 1 is 1.18 bits per heavy atom. The second-order valence-electron chi connectivity index (χ2n) is 7.62. The minimum Gasteiger partial charge on any atom is -0.491 e. The van der Waals surface area contributed by atoms with Crippen molar-refractivity contribution < 1.29 is 24.2 Å². The molecule has 1 heterocycles. The lowest BCUT2D eigenvalue weighted by molar-refractivity contribution is -0.135. The van der Waals surface area contributed by atoms with Crippen LogP contribution in [0.2, 0.25) is 0 Å². The molecule has 3 amide bonds. The van der Waals surface area contributed by atoms with Crippen LogP contribution >= 0.6 is 0 Å². The third kappa shape index (κ3) is 3.76. The standard InChI is InChI=1S/C21H28N2O5/c1-3-18(25)15-7-9-17(10-8-15)28-14-16(24)13-23-19(26)21(22(2)20(23)27)11-5-4-6-12-21/h7-10,16,24H,3-6,11-14H2,1-2H3. The predicted molar refractivity (Wildman–Crippen MR) is 103 cm³/mol. The molecule has 0 radical (unpaired) electrons. The fraction of sp³-hybridized carbons (Fsp3) is 0.571. The highest BCUT2D eigenvalue weighted by Gasteiger charge is 2.55. The van der Waals surface area contributed by atoms with Crippen LogP contribution in [0.1, 0.15) is 55.8 Å². The second kappa shape index (κ2) is 8.31. The highest BCUT2D eigenvalue weighted by molar-refractivity contribution is 6.07. The van der Waals surface area contributed by atoms with Crippen molar-refractivity contribution in [1.29, 1.82) is 0 Å². The van der Waals surface area contributed by atoms with Gasteiger partial charge in [-0.2, -0.15) is 0 Å². The number of hydrogen-bond acceptors (Lipinski definition) is 5. The van der Waals surface area contributed by atoms with Gasteiger partial charge < -0.3 is 14.7 Å². The molecule has 2 aliphatic rings. The molecule has 1 atom stereocenters. The highest BCUT2D eigenvalue weighted by Crippen LogP contribution is 2.39. The number of imide groups is 1. The first kappa shape index (κ1) is 20.3. The first-order chi connectivity index (χ1) is 13.4. The average molecular weight is 388 g/mol. The summed E-state index contributed by atoms with van der Waals surface area (Å²) in [6, 6.07) is 6.36. The van der Waals surface area contributed by atoms with E-state index in [9.17, 15) is 19.5 Å². The Labute approximate surface area is 165 Å². The van der Waals surface area contributed by atoms with Crippen molar-refractivity contribution in [2.75, 3.05) is 20.2 Å². The number of benzene rings is 1. The van der Waals surface area contributed by atoms with Crippen molar-refractivity contribution >= 4 is 17.7 Å². The summed E-state index contributed by atoms with van der Waals surface area (Å²) in [6.45, 7) is 1.67. The summed E-state index contributed by atoms with van der Waals surface area (Å²) in [5.74, 6) is 0.367. The number of rotatable bonds is 7. The van der Waals surface area contributed by atoms with Gasteiger partial charge in [-0.3, -0.25) is 14.5 Å². The molecule has 1 aromatic carbocycles. The van der Waals surface area contributed by atoms with E-state index in [2.05, 4.69) is 0 Å². The maximum absolute atomic E-state index is 12.9. The summed E-state index contributed by atoms with van der Waals surface area (Å²) in [7, 11) is 1.67. The van der Waals surface area contributed by atoms with Crippen molar-refractivity contribution in [2.24, 2.45) is 0 Å². The normalized spacial score (nSPS) is 20.0. The van der Waals surface area contributed by atoms with Crippen LogP contribution in [-0.4, -0.2) is 64.5 Å². The highest BCUT2D eigenvalue weighted by atomic mass is 16.5. The van der Waals surface area contributed by atoms with Crippen molar-refractivity contribution in [2.45, 2.75) is 57.1 Å². The number of ether oxygens (including phenoxy) is 1. The summed E-state index contributed by atoms with van der Waals surface area (Å²) >= 11 is 0. The number of Topliss-reactive ketones (excluding diaryl/α,β-unsaturated/α-hetero) is 1. The quantitative estimate of drug-likeness (QED) is 0.573. The smallest absolute Gasteiger partial charge is 0.327 e. The molecule has 1 N–H and O–H groups in total. The van der Waals surface area contributed by atoms with Crippen LogP contribution in [0, 0.1) is 0 Å². The lowest BCUT2D eigenvalue weighted by Gasteiger charge is -2.35. The Bertz CT molecular complexity index is 740. The molecule has 1 saturated carbocycles. The minimum absolute atomic E-state index is 0.0468. The molecule has 0 bridgehead atoms. The zero-order valence-corrected chi connectivity index (χ0v) is 16.5. The minimum atomic E-state index is -0.989. The molecule has 1 aromatic rings. The number of hydrogen-bond donors (Lipinski definition) is 1. The molecule has 2 fully saturated rings. The molecule has 1 unspecified atom stereocenters. The number of urea groups is 1. The van der Waals surface area contributed by atoms with Crippen molar-refractivity contribution in [1.82, 2.24) is 9.80 Å². The molecule has 28 heavy (non-hydrogen) atoms. The number of amides is 3. The number of likely N-dealkylation sites (N-methyl/N-ethyl adjacent to an activating group) is 1. The van der Waals surface area contributed by atoms with Crippen LogP contribution in [0.25, 0.3) is 0 Å². The number of ketones is 1. The predicted octanol–water partition coefficient (Wildman–Crippen LogP) is 2.62. The number of aliphatic hydroxyl groups excluding tert-OH is 1. The van der Waals surface area contributed by atoms with Gasteiger partial charge in [0.05, 0.1) is 6.54 Å². The number of nitrogens with zero attached hydrogens (tertiary/aromatic N) is 2.